The van der Waals surface area contributed by atoms with Crippen LogP contribution in [-0.4, -0.2) is 16.0 Å². The average Bonchev–Trinajstić information content (AvgIpc) is 2.31. The number of rotatable bonds is 1. The maximum atomic E-state index is 11.0. The van der Waals surface area contributed by atoms with Gasteiger partial charge in [0.2, 0.25) is 5.91 Å². The third-order valence-corrected chi connectivity index (χ3v) is 2.69. The minimum atomic E-state index is -0.272. The van der Waals surface area contributed by atoms with Gasteiger partial charge in [0.25, 0.3) is 0 Å². The van der Waals surface area contributed by atoms with Gasteiger partial charge in [-0.3, -0.25) is 9.78 Å². The van der Waals surface area contributed by atoms with Gasteiger partial charge in [-0.15, -0.1) is 0 Å². The number of aryl methyl sites for hydroxylation is 1. The molecule has 1 aromatic heterocycles. The highest BCUT2D eigenvalue weighted by molar-refractivity contribution is 5.96. The Balaban J connectivity index is 2.71. The summed E-state index contributed by atoms with van der Waals surface area (Å²) in [6.07, 6.45) is 1.47. The minimum Gasteiger partial charge on any atom is -0.506 e. The molecule has 18 heavy (non-hydrogen) atoms. The van der Waals surface area contributed by atoms with E-state index in [1.807, 2.05) is 6.07 Å². The van der Waals surface area contributed by atoms with Crippen LogP contribution in [-0.2, 0) is 4.79 Å². The zero-order valence-electron chi connectivity index (χ0n) is 9.98. The van der Waals surface area contributed by atoms with Crippen molar-refractivity contribution in [2.75, 3.05) is 5.32 Å². The Kier molecular flexibility index (Phi) is 2.86. The highest BCUT2D eigenvalue weighted by atomic mass is 16.3. The number of pyridine rings is 1. The van der Waals surface area contributed by atoms with E-state index in [-0.39, 0.29) is 11.7 Å². The normalized spacial score (nSPS) is 10.1. The van der Waals surface area contributed by atoms with E-state index in [2.05, 4.69) is 10.3 Å². The summed E-state index contributed by atoms with van der Waals surface area (Å²) in [5.41, 5.74) is 2.14. The molecule has 0 saturated heterocycles. The Morgan fingerprint density at radius 2 is 2.22 bits per heavy atom. The quantitative estimate of drug-likeness (QED) is 0.748. The Morgan fingerprint density at radius 1 is 1.50 bits per heavy atom. The highest BCUT2D eigenvalue weighted by Gasteiger charge is 2.10. The van der Waals surface area contributed by atoms with Crippen molar-refractivity contribution in [3.05, 3.63) is 29.5 Å². The number of nitrogens with zero attached hydrogens (tertiary/aromatic N) is 2. The van der Waals surface area contributed by atoms with E-state index in [1.165, 1.54) is 19.2 Å². The number of fused-ring (bicyclic) bond motifs is 1. The summed E-state index contributed by atoms with van der Waals surface area (Å²) in [5.74, 6) is -0.319. The molecule has 0 aliphatic rings. The smallest absolute Gasteiger partial charge is 0.221 e. The number of benzene rings is 1. The number of carbonyl (C=O) groups excluding carboxylic acids is 1. The van der Waals surface area contributed by atoms with Crippen LogP contribution >= 0.6 is 0 Å². The molecular formula is C13H11N3O2. The summed E-state index contributed by atoms with van der Waals surface area (Å²) < 4.78 is 0. The number of hydrogen-bond donors (Lipinski definition) is 2. The van der Waals surface area contributed by atoms with Crippen LogP contribution in [0.5, 0.6) is 5.75 Å². The molecule has 1 amide bonds. The fraction of sp³-hybridized carbons (Fsp3) is 0.154. The average molecular weight is 241 g/mol. The molecule has 0 fully saturated rings. The summed E-state index contributed by atoms with van der Waals surface area (Å²) in [4.78, 5) is 15.1. The number of nitrogens with one attached hydrogen (secondary N) is 1. The van der Waals surface area contributed by atoms with E-state index >= 15 is 0 Å². The fourth-order valence-corrected chi connectivity index (χ4v) is 1.76. The molecule has 0 spiro atoms. The van der Waals surface area contributed by atoms with Crippen molar-refractivity contribution in [3.63, 3.8) is 0 Å². The molecule has 0 radical (unpaired) electrons. The van der Waals surface area contributed by atoms with Crippen LogP contribution in [0.1, 0.15) is 18.1 Å². The van der Waals surface area contributed by atoms with Crippen LogP contribution in [0.3, 0.4) is 0 Å². The summed E-state index contributed by atoms with van der Waals surface area (Å²) >= 11 is 0. The van der Waals surface area contributed by atoms with Crippen LogP contribution in [0.2, 0.25) is 0 Å². The molecule has 0 atom stereocenters. The molecule has 2 aromatic rings. The molecule has 90 valence electrons. The first-order chi connectivity index (χ1) is 8.52. The number of amides is 1. The first-order valence-electron chi connectivity index (χ1n) is 5.33. The SMILES string of the molecule is CC(=O)Nc1cc2c(C)c(C#N)cnc2cc1O. The van der Waals surface area contributed by atoms with Gasteiger partial charge in [0.15, 0.2) is 0 Å². The monoisotopic (exact) mass is 241 g/mol. The lowest BCUT2D eigenvalue weighted by Crippen LogP contribution is -2.06. The molecule has 0 aliphatic heterocycles. The predicted molar refractivity (Wildman–Crippen MR) is 67.2 cm³/mol. The van der Waals surface area contributed by atoms with Crippen LogP contribution in [0, 0.1) is 18.3 Å². The molecule has 5 nitrogen and oxygen atoms in total. The van der Waals surface area contributed by atoms with Crippen LogP contribution in [0.4, 0.5) is 5.69 Å². The third kappa shape index (κ3) is 1.96. The largest absolute Gasteiger partial charge is 0.506 e. The van der Waals surface area contributed by atoms with E-state index in [4.69, 9.17) is 5.26 Å². The number of phenolic OH excluding ortho intramolecular Hbond substituents is 1. The number of carbonyl (C=O) groups is 1. The van der Waals surface area contributed by atoms with Gasteiger partial charge in [-0.25, -0.2) is 0 Å². The van der Waals surface area contributed by atoms with Crippen LogP contribution in [0.25, 0.3) is 10.9 Å². The van der Waals surface area contributed by atoms with Crippen molar-refractivity contribution < 1.29 is 9.90 Å². The summed E-state index contributed by atoms with van der Waals surface area (Å²) in [7, 11) is 0. The van der Waals surface area contributed by atoms with E-state index in [0.29, 0.717) is 16.8 Å². The van der Waals surface area contributed by atoms with Gasteiger partial charge < -0.3 is 10.4 Å². The van der Waals surface area contributed by atoms with Crippen molar-refractivity contribution in [2.45, 2.75) is 13.8 Å². The van der Waals surface area contributed by atoms with Gasteiger partial charge in [-0.05, 0) is 18.6 Å². The number of phenols is 1. The number of aromatic nitrogens is 1. The Labute approximate surface area is 104 Å². The topological polar surface area (TPSA) is 86.0 Å². The van der Waals surface area contributed by atoms with Crippen molar-refractivity contribution in [1.29, 1.82) is 5.26 Å². The first-order valence-corrected chi connectivity index (χ1v) is 5.33. The molecule has 0 unspecified atom stereocenters. The number of nitriles is 1. The van der Waals surface area contributed by atoms with E-state index in [9.17, 15) is 9.90 Å². The Bertz CT molecular complexity index is 687. The summed E-state index contributed by atoms with van der Waals surface area (Å²) in [6.45, 7) is 3.16. The van der Waals surface area contributed by atoms with Gasteiger partial charge in [-0.1, -0.05) is 0 Å². The second kappa shape index (κ2) is 4.34. The molecule has 1 heterocycles. The van der Waals surface area contributed by atoms with Gasteiger partial charge in [-0.2, -0.15) is 5.26 Å². The molecule has 1 aromatic carbocycles. The maximum absolute atomic E-state index is 11.0. The lowest BCUT2D eigenvalue weighted by atomic mass is 10.0. The van der Waals surface area contributed by atoms with Crippen molar-refractivity contribution in [2.24, 2.45) is 0 Å². The van der Waals surface area contributed by atoms with Crippen molar-refractivity contribution in [3.8, 4) is 11.8 Å². The molecule has 2 N–H and O–H groups in total. The van der Waals surface area contributed by atoms with Gasteiger partial charge in [0, 0.05) is 24.6 Å². The number of aromatic hydroxyl groups is 1. The van der Waals surface area contributed by atoms with Crippen molar-refractivity contribution >= 4 is 22.5 Å². The lowest BCUT2D eigenvalue weighted by molar-refractivity contribution is -0.114. The van der Waals surface area contributed by atoms with Gasteiger partial charge >= 0.3 is 0 Å². The third-order valence-electron chi connectivity index (χ3n) is 2.69. The Morgan fingerprint density at radius 3 is 2.83 bits per heavy atom. The van der Waals surface area contributed by atoms with Crippen molar-refractivity contribution in [1.82, 2.24) is 4.98 Å². The predicted octanol–water partition coefficient (Wildman–Crippen LogP) is 2.08. The highest BCUT2D eigenvalue weighted by Crippen LogP contribution is 2.30. The zero-order chi connectivity index (χ0) is 13.3. The summed E-state index contributed by atoms with van der Waals surface area (Å²) in [5, 5.41) is 22.0. The van der Waals surface area contributed by atoms with Gasteiger partial charge in [0.1, 0.15) is 11.8 Å². The standard InChI is InChI=1S/C13H11N3O2/c1-7-9(5-14)6-15-11-4-13(18)12(3-10(7)11)16-8(2)17/h3-4,6,18H,1-2H3,(H,16,17). The van der Waals surface area contributed by atoms with E-state index in [0.717, 1.165) is 10.9 Å². The number of hydrogen-bond acceptors (Lipinski definition) is 4. The molecule has 0 aliphatic carbocycles. The second-order valence-corrected chi connectivity index (χ2v) is 3.98. The lowest BCUT2D eigenvalue weighted by Gasteiger charge is -2.09. The maximum Gasteiger partial charge on any atom is 0.221 e. The molecular weight excluding hydrogens is 230 g/mol. The van der Waals surface area contributed by atoms with Crippen LogP contribution < -0.4 is 5.32 Å². The number of anilines is 1. The molecule has 2 rings (SSSR count). The molecule has 0 bridgehead atoms. The zero-order valence-corrected chi connectivity index (χ0v) is 9.98. The second-order valence-electron chi connectivity index (χ2n) is 3.98. The van der Waals surface area contributed by atoms with Gasteiger partial charge in [0.05, 0.1) is 16.8 Å². The van der Waals surface area contributed by atoms with Crippen LogP contribution in [0.15, 0.2) is 18.3 Å². The van der Waals surface area contributed by atoms with E-state index in [1.54, 1.807) is 13.0 Å². The van der Waals surface area contributed by atoms with E-state index < -0.39 is 0 Å². The minimum absolute atomic E-state index is 0.0469. The molecule has 0 saturated carbocycles. The Hall–Kier alpha value is -2.61. The first kappa shape index (κ1) is 11.9. The summed E-state index contributed by atoms with van der Waals surface area (Å²) in [6, 6.07) is 5.14. The fourth-order valence-electron chi connectivity index (χ4n) is 1.76. The molecule has 5 heteroatoms.